The Morgan fingerprint density at radius 3 is 2.76 bits per heavy atom. The third-order valence-corrected chi connectivity index (χ3v) is 6.88. The van der Waals surface area contributed by atoms with E-state index in [-0.39, 0.29) is 23.5 Å². The topological polar surface area (TPSA) is 80.9 Å². The molecule has 1 atom stereocenters. The summed E-state index contributed by atoms with van der Waals surface area (Å²) in [6, 6.07) is 11.1. The number of esters is 1. The number of rotatable bonds is 5. The van der Waals surface area contributed by atoms with Gasteiger partial charge in [-0.05, 0) is 55.7 Å². The summed E-state index contributed by atoms with van der Waals surface area (Å²) >= 11 is 13.7. The van der Waals surface area contributed by atoms with Crippen molar-refractivity contribution in [1.82, 2.24) is 4.57 Å². The summed E-state index contributed by atoms with van der Waals surface area (Å²) in [6.07, 6.45) is 2.03. The van der Waals surface area contributed by atoms with Crippen molar-refractivity contribution in [3.05, 3.63) is 94.6 Å². The third kappa shape index (κ3) is 4.49. The van der Waals surface area contributed by atoms with E-state index >= 15 is 0 Å². The number of hydrogen-bond donors (Lipinski definition) is 1. The van der Waals surface area contributed by atoms with Gasteiger partial charge in [0.25, 0.3) is 5.56 Å². The third-order valence-electron chi connectivity index (χ3n) is 5.27. The first-order chi connectivity index (χ1) is 15.8. The molecule has 170 valence electrons. The minimum atomic E-state index is -0.768. The van der Waals surface area contributed by atoms with Gasteiger partial charge in [0.05, 0.1) is 22.4 Å². The molecule has 0 saturated heterocycles. The zero-order valence-corrected chi connectivity index (χ0v) is 20.2. The lowest BCUT2D eigenvalue weighted by Gasteiger charge is -2.25. The van der Waals surface area contributed by atoms with Crippen molar-refractivity contribution in [1.29, 1.82) is 0 Å². The molecule has 0 aliphatic carbocycles. The molecule has 33 heavy (non-hydrogen) atoms. The van der Waals surface area contributed by atoms with E-state index < -0.39 is 12.0 Å². The average molecular weight is 503 g/mol. The predicted molar refractivity (Wildman–Crippen MR) is 130 cm³/mol. The molecular formula is C24H20Cl2N2O4S. The lowest BCUT2D eigenvalue weighted by Crippen LogP contribution is -2.40. The second kappa shape index (κ2) is 9.55. The van der Waals surface area contributed by atoms with Crippen molar-refractivity contribution in [2.45, 2.75) is 26.3 Å². The predicted octanol–water partition coefficient (Wildman–Crippen LogP) is 4.01. The summed E-state index contributed by atoms with van der Waals surface area (Å²) in [5.41, 5.74) is 1.64. The first-order valence-electron chi connectivity index (χ1n) is 10.2. The van der Waals surface area contributed by atoms with Gasteiger partial charge in [-0.1, -0.05) is 58.8 Å². The Morgan fingerprint density at radius 2 is 2.03 bits per heavy atom. The van der Waals surface area contributed by atoms with Crippen molar-refractivity contribution in [3.63, 3.8) is 0 Å². The van der Waals surface area contributed by atoms with Crippen LogP contribution in [0.4, 0.5) is 0 Å². The van der Waals surface area contributed by atoms with Crippen LogP contribution >= 0.6 is 34.5 Å². The number of carbonyl (C=O) groups excluding carboxylic acids is 1. The number of fused-ring (bicyclic) bond motifs is 1. The number of nitrogens with zero attached hydrogens (tertiary/aromatic N) is 2. The van der Waals surface area contributed by atoms with Crippen molar-refractivity contribution in [2.75, 3.05) is 6.61 Å². The second-order valence-corrected chi connectivity index (χ2v) is 9.21. The number of allylic oxidation sites excluding steroid dienone is 1. The Bertz CT molecular complexity index is 1460. The van der Waals surface area contributed by atoms with E-state index in [0.29, 0.717) is 42.6 Å². The molecule has 9 heteroatoms. The van der Waals surface area contributed by atoms with Gasteiger partial charge in [-0.25, -0.2) is 9.79 Å². The number of benzene rings is 2. The maximum Gasteiger partial charge on any atom is 0.338 e. The maximum atomic E-state index is 13.5. The molecule has 0 amide bonds. The summed E-state index contributed by atoms with van der Waals surface area (Å²) in [5, 5.41) is 11.0. The highest BCUT2D eigenvalue weighted by Gasteiger charge is 2.34. The minimum Gasteiger partial charge on any atom is -0.508 e. The zero-order valence-electron chi connectivity index (χ0n) is 17.8. The lowest BCUT2D eigenvalue weighted by molar-refractivity contribution is -0.139. The molecule has 1 aliphatic heterocycles. The van der Waals surface area contributed by atoms with Gasteiger partial charge in [-0.2, -0.15) is 0 Å². The molecule has 1 aromatic heterocycles. The number of aromatic hydroxyl groups is 1. The molecule has 0 bridgehead atoms. The number of halogens is 2. The number of hydrogen-bond acceptors (Lipinski definition) is 6. The van der Waals surface area contributed by atoms with E-state index in [1.165, 1.54) is 22.0 Å². The van der Waals surface area contributed by atoms with Gasteiger partial charge in [-0.15, -0.1) is 0 Å². The SMILES string of the molecule is CCOC(=O)C1=C(C)N=c2sc(=CCc3cc(Cl)ccc3O)c(=O)n2[C@@H]1c1ccccc1Cl. The molecule has 1 N–H and O–H groups in total. The number of aromatic nitrogens is 1. The quantitative estimate of drug-likeness (QED) is 0.534. The molecule has 0 saturated carbocycles. The van der Waals surface area contributed by atoms with Gasteiger partial charge in [0, 0.05) is 10.0 Å². The van der Waals surface area contributed by atoms with Crippen LogP contribution in [0.3, 0.4) is 0 Å². The Balaban J connectivity index is 1.89. The van der Waals surface area contributed by atoms with Gasteiger partial charge in [-0.3, -0.25) is 9.36 Å². The molecule has 2 heterocycles. The Labute approximate surface area is 203 Å². The Hall–Kier alpha value is -2.87. The van der Waals surface area contributed by atoms with Crippen LogP contribution in [0.15, 0.2) is 63.5 Å². The normalized spacial score (nSPS) is 15.9. The summed E-state index contributed by atoms with van der Waals surface area (Å²) in [6.45, 7) is 3.63. The number of ether oxygens (including phenoxy) is 1. The van der Waals surface area contributed by atoms with Crippen LogP contribution in [0.25, 0.3) is 6.08 Å². The monoisotopic (exact) mass is 502 g/mol. The second-order valence-electron chi connectivity index (χ2n) is 7.36. The van der Waals surface area contributed by atoms with Crippen LogP contribution in [-0.4, -0.2) is 22.2 Å². The summed E-state index contributed by atoms with van der Waals surface area (Å²) in [5.74, 6) is -0.445. The molecule has 4 rings (SSSR count). The first-order valence-corrected chi connectivity index (χ1v) is 11.8. The fourth-order valence-electron chi connectivity index (χ4n) is 3.74. The molecule has 3 aromatic rings. The highest BCUT2D eigenvalue weighted by molar-refractivity contribution is 7.07. The van der Waals surface area contributed by atoms with E-state index in [0.717, 1.165) is 0 Å². The molecule has 0 unspecified atom stereocenters. The zero-order chi connectivity index (χ0) is 23.7. The van der Waals surface area contributed by atoms with Crippen LogP contribution in [0.1, 0.15) is 31.0 Å². The van der Waals surface area contributed by atoms with Crippen molar-refractivity contribution in [2.24, 2.45) is 4.99 Å². The van der Waals surface area contributed by atoms with E-state index in [4.69, 9.17) is 27.9 Å². The number of carbonyl (C=O) groups is 1. The highest BCUT2D eigenvalue weighted by Crippen LogP contribution is 2.34. The fraction of sp³-hybridized carbons (Fsp3) is 0.208. The molecule has 2 aromatic carbocycles. The van der Waals surface area contributed by atoms with E-state index in [1.807, 2.05) is 0 Å². The Kier molecular flexibility index (Phi) is 6.74. The van der Waals surface area contributed by atoms with E-state index in [1.54, 1.807) is 56.3 Å². The van der Waals surface area contributed by atoms with Gasteiger partial charge >= 0.3 is 5.97 Å². The maximum absolute atomic E-state index is 13.5. The standard InChI is InChI=1S/C24H20Cl2N2O4S/c1-3-32-23(31)20-13(2)27-24-28(21(20)16-6-4-5-7-17(16)26)22(30)19(33-24)11-8-14-12-15(25)9-10-18(14)29/h4-7,9-12,21,29H,3,8H2,1-2H3/t21-/m1/s1. The molecule has 0 fully saturated rings. The van der Waals surface area contributed by atoms with Gasteiger partial charge in [0.15, 0.2) is 4.80 Å². The number of phenols is 1. The average Bonchev–Trinajstić information content (AvgIpc) is 3.09. The van der Waals surface area contributed by atoms with Crippen molar-refractivity contribution in [3.8, 4) is 5.75 Å². The van der Waals surface area contributed by atoms with Crippen LogP contribution in [0, 0.1) is 0 Å². The summed E-state index contributed by atoms with van der Waals surface area (Å²) in [4.78, 5) is 31.3. The van der Waals surface area contributed by atoms with Gasteiger partial charge in [0.2, 0.25) is 0 Å². The fourth-order valence-corrected chi connectivity index (χ4v) is 5.19. The van der Waals surface area contributed by atoms with Crippen LogP contribution in [-0.2, 0) is 16.0 Å². The highest BCUT2D eigenvalue weighted by atomic mass is 35.5. The smallest absolute Gasteiger partial charge is 0.338 e. The number of thiazole rings is 1. The number of phenolic OH excluding ortho intramolecular Hbond substituents is 1. The van der Waals surface area contributed by atoms with Crippen LogP contribution in [0.2, 0.25) is 10.0 Å². The Morgan fingerprint density at radius 1 is 1.27 bits per heavy atom. The molecule has 6 nitrogen and oxygen atoms in total. The van der Waals surface area contributed by atoms with Crippen LogP contribution < -0.4 is 14.9 Å². The molecule has 0 spiro atoms. The van der Waals surface area contributed by atoms with Crippen molar-refractivity contribution < 1.29 is 14.6 Å². The lowest BCUT2D eigenvalue weighted by atomic mass is 9.96. The summed E-state index contributed by atoms with van der Waals surface area (Å²) < 4.78 is 7.19. The van der Waals surface area contributed by atoms with Crippen molar-refractivity contribution >= 4 is 46.6 Å². The largest absolute Gasteiger partial charge is 0.508 e. The van der Waals surface area contributed by atoms with E-state index in [2.05, 4.69) is 4.99 Å². The first kappa shape index (κ1) is 23.3. The molecular weight excluding hydrogens is 483 g/mol. The van der Waals surface area contributed by atoms with Gasteiger partial charge in [0.1, 0.15) is 11.8 Å². The van der Waals surface area contributed by atoms with Crippen LogP contribution in [0.5, 0.6) is 5.75 Å². The molecule has 1 aliphatic rings. The summed E-state index contributed by atoms with van der Waals surface area (Å²) in [7, 11) is 0. The molecule has 0 radical (unpaired) electrons. The minimum absolute atomic E-state index is 0.0952. The van der Waals surface area contributed by atoms with E-state index in [9.17, 15) is 14.7 Å². The van der Waals surface area contributed by atoms with Gasteiger partial charge < -0.3 is 9.84 Å².